The van der Waals surface area contributed by atoms with Gasteiger partial charge in [0.25, 0.3) is 0 Å². The van der Waals surface area contributed by atoms with Crippen molar-refractivity contribution in [3.05, 3.63) is 11.9 Å². The van der Waals surface area contributed by atoms with Crippen molar-refractivity contribution in [3.63, 3.8) is 0 Å². The Morgan fingerprint density at radius 2 is 1.85 bits per heavy atom. The van der Waals surface area contributed by atoms with Gasteiger partial charge in [0.05, 0.1) is 0 Å². The van der Waals surface area contributed by atoms with Crippen LogP contribution >= 0.6 is 0 Å². The number of hydrogen-bond acceptors (Lipinski definition) is 5. The average Bonchev–Trinajstić information content (AvgIpc) is 2.38. The maximum atomic E-state index is 4.66. The molecule has 1 aromatic rings. The number of rotatable bonds is 9. The highest BCUT2D eigenvalue weighted by Crippen LogP contribution is 2.16. The number of anilines is 2. The van der Waals surface area contributed by atoms with Crippen molar-refractivity contribution < 1.29 is 0 Å². The van der Waals surface area contributed by atoms with Gasteiger partial charge in [-0.1, -0.05) is 6.92 Å². The zero-order valence-electron chi connectivity index (χ0n) is 13.6. The van der Waals surface area contributed by atoms with Crippen molar-refractivity contribution in [1.29, 1.82) is 0 Å². The molecule has 5 heteroatoms. The molecule has 20 heavy (non-hydrogen) atoms. The van der Waals surface area contributed by atoms with E-state index in [2.05, 4.69) is 60.1 Å². The van der Waals surface area contributed by atoms with E-state index in [1.165, 1.54) is 0 Å². The Morgan fingerprint density at radius 3 is 2.45 bits per heavy atom. The van der Waals surface area contributed by atoms with Crippen molar-refractivity contribution in [1.82, 2.24) is 14.9 Å². The smallest absolute Gasteiger partial charge is 0.134 e. The van der Waals surface area contributed by atoms with E-state index in [0.29, 0.717) is 0 Å². The Labute approximate surface area is 123 Å². The predicted molar refractivity (Wildman–Crippen MR) is 86.6 cm³/mol. The van der Waals surface area contributed by atoms with Gasteiger partial charge in [0, 0.05) is 32.6 Å². The molecule has 0 bridgehead atoms. The molecule has 114 valence electrons. The lowest BCUT2D eigenvalue weighted by Crippen LogP contribution is -2.24. The van der Waals surface area contributed by atoms with E-state index in [1.807, 2.05) is 6.07 Å². The third-order valence-electron chi connectivity index (χ3n) is 3.08. The molecule has 0 aliphatic rings. The number of aryl methyl sites for hydroxylation is 1. The molecule has 0 aliphatic heterocycles. The van der Waals surface area contributed by atoms with Crippen LogP contribution in [0, 0.1) is 0 Å². The molecular formula is C15H29N5. The normalized spacial score (nSPS) is 10.9. The summed E-state index contributed by atoms with van der Waals surface area (Å²) in [6.07, 6.45) is 3.13. The molecule has 1 aromatic heterocycles. The maximum Gasteiger partial charge on any atom is 0.134 e. The van der Waals surface area contributed by atoms with Crippen LogP contribution in [0.2, 0.25) is 0 Å². The molecule has 0 amide bonds. The molecule has 1 N–H and O–H groups in total. The van der Waals surface area contributed by atoms with E-state index >= 15 is 0 Å². The predicted octanol–water partition coefficient (Wildman–Crippen LogP) is 2.25. The van der Waals surface area contributed by atoms with Crippen LogP contribution in [0.15, 0.2) is 6.07 Å². The van der Waals surface area contributed by atoms with Gasteiger partial charge in [-0.05, 0) is 40.4 Å². The summed E-state index contributed by atoms with van der Waals surface area (Å²) in [6, 6.07) is 2.04. The summed E-state index contributed by atoms with van der Waals surface area (Å²) in [5.74, 6) is 2.87. The number of nitrogens with zero attached hydrogens (tertiary/aromatic N) is 4. The van der Waals surface area contributed by atoms with Crippen LogP contribution in [0.4, 0.5) is 11.6 Å². The summed E-state index contributed by atoms with van der Waals surface area (Å²) in [5, 5.41) is 3.29. The highest BCUT2D eigenvalue weighted by molar-refractivity contribution is 5.49. The van der Waals surface area contributed by atoms with Crippen molar-refractivity contribution in [3.8, 4) is 0 Å². The van der Waals surface area contributed by atoms with Gasteiger partial charge in [-0.2, -0.15) is 0 Å². The quantitative estimate of drug-likeness (QED) is 0.751. The maximum absolute atomic E-state index is 4.66. The molecule has 0 radical (unpaired) electrons. The summed E-state index contributed by atoms with van der Waals surface area (Å²) in [6.45, 7) is 7.22. The molecule has 1 rings (SSSR count). The summed E-state index contributed by atoms with van der Waals surface area (Å²) in [7, 11) is 6.31. The van der Waals surface area contributed by atoms with Crippen LogP contribution in [0.3, 0.4) is 0 Å². The second-order valence-corrected chi connectivity index (χ2v) is 5.39. The average molecular weight is 279 g/mol. The van der Waals surface area contributed by atoms with Gasteiger partial charge in [-0.25, -0.2) is 9.97 Å². The lowest BCUT2D eigenvalue weighted by molar-refractivity contribution is 0.401. The van der Waals surface area contributed by atoms with E-state index in [-0.39, 0.29) is 0 Å². The van der Waals surface area contributed by atoms with Gasteiger partial charge in [-0.3, -0.25) is 0 Å². The Morgan fingerprint density at radius 1 is 1.10 bits per heavy atom. The topological polar surface area (TPSA) is 44.3 Å². The van der Waals surface area contributed by atoms with Gasteiger partial charge in [-0.15, -0.1) is 0 Å². The zero-order chi connectivity index (χ0) is 15.0. The van der Waals surface area contributed by atoms with E-state index in [9.17, 15) is 0 Å². The second kappa shape index (κ2) is 8.74. The molecule has 0 atom stereocenters. The molecule has 0 unspecified atom stereocenters. The van der Waals surface area contributed by atoms with Crippen LogP contribution < -0.4 is 10.2 Å². The first-order valence-corrected chi connectivity index (χ1v) is 7.54. The SMILES string of the molecule is CCCc1nc(NCC)cc(N(C)CCCN(C)C)n1. The molecule has 0 aromatic carbocycles. The van der Waals surface area contributed by atoms with Crippen molar-refractivity contribution >= 4 is 11.6 Å². The minimum Gasteiger partial charge on any atom is -0.370 e. The zero-order valence-corrected chi connectivity index (χ0v) is 13.6. The third kappa shape index (κ3) is 5.74. The minimum atomic E-state index is 0.881. The Bertz CT molecular complexity index is 368. The highest BCUT2D eigenvalue weighted by atomic mass is 15.2. The van der Waals surface area contributed by atoms with Crippen LogP contribution in [0.25, 0.3) is 0 Å². The fourth-order valence-electron chi connectivity index (χ4n) is 2.02. The van der Waals surface area contributed by atoms with Gasteiger partial charge >= 0.3 is 0 Å². The largest absolute Gasteiger partial charge is 0.370 e. The standard InChI is InChI=1S/C15H29N5/c1-6-9-13-17-14(16-7-2)12-15(18-13)20(5)11-8-10-19(3)4/h12H,6-11H2,1-5H3,(H,16,17,18). The first-order valence-electron chi connectivity index (χ1n) is 7.54. The van der Waals surface area contributed by atoms with E-state index < -0.39 is 0 Å². The number of aromatic nitrogens is 2. The van der Waals surface area contributed by atoms with Crippen molar-refractivity contribution in [2.24, 2.45) is 0 Å². The van der Waals surface area contributed by atoms with E-state index in [1.54, 1.807) is 0 Å². The first-order chi connectivity index (χ1) is 9.56. The van der Waals surface area contributed by atoms with Crippen molar-refractivity contribution in [2.45, 2.75) is 33.1 Å². The van der Waals surface area contributed by atoms with E-state index in [4.69, 9.17) is 0 Å². The molecule has 0 spiro atoms. The summed E-state index contributed by atoms with van der Waals surface area (Å²) < 4.78 is 0. The summed E-state index contributed by atoms with van der Waals surface area (Å²) in [4.78, 5) is 13.6. The fourth-order valence-corrected chi connectivity index (χ4v) is 2.02. The molecule has 0 fully saturated rings. The van der Waals surface area contributed by atoms with Crippen LogP contribution in [0.5, 0.6) is 0 Å². The second-order valence-electron chi connectivity index (χ2n) is 5.39. The molecule has 0 saturated carbocycles. The molecule has 5 nitrogen and oxygen atoms in total. The molecular weight excluding hydrogens is 250 g/mol. The third-order valence-corrected chi connectivity index (χ3v) is 3.08. The minimum absolute atomic E-state index is 0.881. The lowest BCUT2D eigenvalue weighted by Gasteiger charge is -2.20. The Balaban J connectivity index is 2.75. The van der Waals surface area contributed by atoms with Gasteiger partial charge in [0.1, 0.15) is 17.5 Å². The first kappa shape index (κ1) is 16.7. The van der Waals surface area contributed by atoms with Crippen molar-refractivity contribution in [2.75, 3.05) is 51.0 Å². The number of nitrogens with one attached hydrogen (secondary N) is 1. The number of hydrogen-bond donors (Lipinski definition) is 1. The highest BCUT2D eigenvalue weighted by Gasteiger charge is 2.08. The Hall–Kier alpha value is -1.36. The van der Waals surface area contributed by atoms with Crippen LogP contribution in [0.1, 0.15) is 32.5 Å². The molecule has 1 heterocycles. The van der Waals surface area contributed by atoms with Crippen LogP contribution in [-0.2, 0) is 6.42 Å². The fraction of sp³-hybridized carbons (Fsp3) is 0.733. The van der Waals surface area contributed by atoms with Gasteiger partial charge in [0.15, 0.2) is 0 Å². The summed E-state index contributed by atoms with van der Waals surface area (Å²) in [5.41, 5.74) is 0. The van der Waals surface area contributed by atoms with Crippen LogP contribution in [-0.4, -0.2) is 55.6 Å². The summed E-state index contributed by atoms with van der Waals surface area (Å²) >= 11 is 0. The molecule has 0 saturated heterocycles. The lowest BCUT2D eigenvalue weighted by atomic mass is 10.3. The monoisotopic (exact) mass is 279 g/mol. The van der Waals surface area contributed by atoms with Gasteiger partial charge < -0.3 is 15.1 Å². The van der Waals surface area contributed by atoms with E-state index in [0.717, 1.165) is 56.4 Å². The Kier molecular flexibility index (Phi) is 7.30. The van der Waals surface area contributed by atoms with Gasteiger partial charge in [0.2, 0.25) is 0 Å². The molecule has 0 aliphatic carbocycles.